The first-order chi connectivity index (χ1) is 11.0. The van der Waals surface area contributed by atoms with Crippen LogP contribution in [0.4, 0.5) is 4.39 Å². The fraction of sp³-hybridized carbons (Fsp3) is 0.400. The Bertz CT molecular complexity index is 693. The zero-order chi connectivity index (χ0) is 16.4. The highest BCUT2D eigenvalue weighted by Crippen LogP contribution is 2.21. The van der Waals surface area contributed by atoms with Crippen molar-refractivity contribution in [1.29, 1.82) is 0 Å². The number of benzene rings is 1. The van der Waals surface area contributed by atoms with Crippen molar-refractivity contribution in [3.05, 3.63) is 46.4 Å². The van der Waals surface area contributed by atoms with Crippen molar-refractivity contribution in [2.24, 2.45) is 0 Å². The maximum atomic E-state index is 13.9. The van der Waals surface area contributed by atoms with Crippen molar-refractivity contribution in [2.45, 2.75) is 13.5 Å². The first-order valence-corrected chi connectivity index (χ1v) is 7.67. The molecular weight excluding hydrogens is 323 g/mol. The summed E-state index contributed by atoms with van der Waals surface area (Å²) in [7, 11) is 0. The van der Waals surface area contributed by atoms with Gasteiger partial charge in [0, 0.05) is 33.1 Å². The van der Waals surface area contributed by atoms with Gasteiger partial charge in [-0.2, -0.15) is 0 Å². The third-order valence-electron chi connectivity index (χ3n) is 3.76. The predicted molar refractivity (Wildman–Crippen MR) is 81.6 cm³/mol. The second kappa shape index (κ2) is 6.64. The first kappa shape index (κ1) is 15.9. The van der Waals surface area contributed by atoms with Crippen LogP contribution in [0.3, 0.4) is 0 Å². The number of hydrogen-bond acceptors (Lipinski definition) is 5. The van der Waals surface area contributed by atoms with Crippen LogP contribution >= 0.6 is 11.6 Å². The van der Waals surface area contributed by atoms with Crippen LogP contribution in [0.15, 0.2) is 22.6 Å². The minimum absolute atomic E-state index is 0.0601. The number of aromatic nitrogens is 2. The summed E-state index contributed by atoms with van der Waals surface area (Å²) in [4.78, 5) is 16.2. The van der Waals surface area contributed by atoms with E-state index < -0.39 is 5.82 Å². The van der Waals surface area contributed by atoms with Gasteiger partial charge in [0.2, 0.25) is 11.8 Å². The van der Waals surface area contributed by atoms with E-state index in [4.69, 9.17) is 16.0 Å². The van der Waals surface area contributed by atoms with E-state index in [-0.39, 0.29) is 16.5 Å². The first-order valence-electron chi connectivity index (χ1n) is 7.29. The van der Waals surface area contributed by atoms with E-state index in [1.165, 1.54) is 18.2 Å². The molecule has 0 bridgehead atoms. The van der Waals surface area contributed by atoms with E-state index in [2.05, 4.69) is 15.1 Å². The van der Waals surface area contributed by atoms with Crippen molar-refractivity contribution in [3.63, 3.8) is 0 Å². The van der Waals surface area contributed by atoms with Gasteiger partial charge in [0.05, 0.1) is 17.1 Å². The Morgan fingerprint density at radius 1 is 1.30 bits per heavy atom. The molecule has 0 N–H and O–H groups in total. The van der Waals surface area contributed by atoms with Crippen molar-refractivity contribution in [2.75, 3.05) is 26.2 Å². The van der Waals surface area contributed by atoms with Crippen LogP contribution in [0.25, 0.3) is 0 Å². The lowest BCUT2D eigenvalue weighted by atomic mass is 10.1. The van der Waals surface area contributed by atoms with Crippen molar-refractivity contribution < 1.29 is 13.6 Å². The monoisotopic (exact) mass is 338 g/mol. The van der Waals surface area contributed by atoms with Crippen molar-refractivity contribution >= 4 is 17.5 Å². The zero-order valence-electron chi connectivity index (χ0n) is 12.6. The van der Waals surface area contributed by atoms with E-state index in [1.54, 1.807) is 11.8 Å². The van der Waals surface area contributed by atoms with Gasteiger partial charge >= 0.3 is 0 Å². The smallest absolute Gasteiger partial charge is 0.258 e. The molecule has 6 nitrogen and oxygen atoms in total. The molecule has 0 atom stereocenters. The number of hydrogen-bond donors (Lipinski definition) is 0. The number of piperazine rings is 1. The van der Waals surface area contributed by atoms with Crippen LogP contribution < -0.4 is 0 Å². The largest absolute Gasteiger partial charge is 0.424 e. The predicted octanol–water partition coefficient (Wildman–Crippen LogP) is 2.13. The summed E-state index contributed by atoms with van der Waals surface area (Å²) in [6, 6.07) is 4.25. The number of carbonyl (C=O) groups is 1. The van der Waals surface area contributed by atoms with Crippen LogP contribution in [0.2, 0.25) is 5.02 Å². The Labute approximate surface area is 137 Å². The Kier molecular flexibility index (Phi) is 4.58. The number of rotatable bonds is 3. The lowest BCUT2D eigenvalue weighted by Gasteiger charge is -2.34. The highest BCUT2D eigenvalue weighted by Gasteiger charge is 2.26. The Morgan fingerprint density at radius 3 is 2.65 bits per heavy atom. The van der Waals surface area contributed by atoms with Crippen LogP contribution in [-0.4, -0.2) is 52.1 Å². The van der Waals surface area contributed by atoms with Gasteiger partial charge in [-0.15, -0.1) is 10.2 Å². The highest BCUT2D eigenvalue weighted by molar-refractivity contribution is 6.33. The molecule has 1 aliphatic heterocycles. The summed E-state index contributed by atoms with van der Waals surface area (Å²) in [5, 5.41) is 7.89. The average Bonchev–Trinajstić information content (AvgIpc) is 2.93. The lowest BCUT2D eigenvalue weighted by Crippen LogP contribution is -2.48. The quantitative estimate of drug-likeness (QED) is 0.858. The zero-order valence-corrected chi connectivity index (χ0v) is 13.4. The molecule has 1 aromatic heterocycles. The Morgan fingerprint density at radius 2 is 2.04 bits per heavy atom. The summed E-state index contributed by atoms with van der Waals surface area (Å²) in [5.74, 6) is 0.120. The third-order valence-corrected chi connectivity index (χ3v) is 4.08. The van der Waals surface area contributed by atoms with Gasteiger partial charge in [-0.25, -0.2) is 4.39 Å². The standard InChI is InChI=1S/C15H16ClFN4O2/c1-10-18-19-13(23-10)9-20-5-7-21(8-6-20)15(22)14-11(16)3-2-4-12(14)17/h2-4H,5-9H2,1H3. The molecule has 1 aliphatic rings. The molecule has 0 spiro atoms. The number of amides is 1. The average molecular weight is 339 g/mol. The molecule has 0 saturated carbocycles. The number of halogens is 2. The molecular formula is C15H16ClFN4O2. The summed E-state index contributed by atoms with van der Waals surface area (Å²) < 4.78 is 19.2. The van der Waals surface area contributed by atoms with Crippen LogP contribution in [0.1, 0.15) is 22.1 Å². The third kappa shape index (κ3) is 3.51. The fourth-order valence-electron chi connectivity index (χ4n) is 2.56. The van der Waals surface area contributed by atoms with Gasteiger partial charge in [0.15, 0.2) is 0 Å². The molecule has 1 aromatic carbocycles. The van der Waals surface area contributed by atoms with Gasteiger partial charge in [-0.05, 0) is 12.1 Å². The highest BCUT2D eigenvalue weighted by atomic mass is 35.5. The molecule has 1 saturated heterocycles. The van der Waals surface area contributed by atoms with Gasteiger partial charge in [0.1, 0.15) is 5.82 Å². The molecule has 0 aliphatic carbocycles. The molecule has 8 heteroatoms. The summed E-state index contributed by atoms with van der Waals surface area (Å²) in [6.07, 6.45) is 0. The van der Waals surface area contributed by atoms with E-state index in [1.807, 2.05) is 0 Å². The maximum absolute atomic E-state index is 13.9. The molecule has 23 heavy (non-hydrogen) atoms. The molecule has 0 radical (unpaired) electrons. The van der Waals surface area contributed by atoms with E-state index in [0.717, 1.165) is 0 Å². The minimum atomic E-state index is -0.591. The minimum Gasteiger partial charge on any atom is -0.424 e. The van der Waals surface area contributed by atoms with Crippen LogP contribution in [-0.2, 0) is 6.54 Å². The Hall–Kier alpha value is -1.99. The summed E-state index contributed by atoms with van der Waals surface area (Å²) in [6.45, 7) is 4.58. The van der Waals surface area contributed by atoms with E-state index in [9.17, 15) is 9.18 Å². The van der Waals surface area contributed by atoms with Gasteiger partial charge in [-0.1, -0.05) is 17.7 Å². The van der Waals surface area contributed by atoms with E-state index in [0.29, 0.717) is 44.5 Å². The number of nitrogens with zero attached hydrogens (tertiary/aromatic N) is 4. The molecule has 0 unspecified atom stereocenters. The SMILES string of the molecule is Cc1nnc(CN2CCN(C(=O)c3c(F)cccc3Cl)CC2)o1. The van der Waals surface area contributed by atoms with Crippen LogP contribution in [0.5, 0.6) is 0 Å². The summed E-state index contributed by atoms with van der Waals surface area (Å²) >= 11 is 5.96. The second-order valence-electron chi connectivity index (χ2n) is 5.38. The van der Waals surface area contributed by atoms with E-state index >= 15 is 0 Å². The van der Waals surface area contributed by atoms with Crippen molar-refractivity contribution in [3.8, 4) is 0 Å². The Balaban J connectivity index is 1.61. The molecule has 122 valence electrons. The van der Waals surface area contributed by atoms with Crippen LogP contribution in [0, 0.1) is 12.7 Å². The summed E-state index contributed by atoms with van der Waals surface area (Å²) in [5.41, 5.74) is -0.0601. The fourth-order valence-corrected chi connectivity index (χ4v) is 2.81. The second-order valence-corrected chi connectivity index (χ2v) is 5.79. The topological polar surface area (TPSA) is 62.5 Å². The van der Waals surface area contributed by atoms with Crippen molar-refractivity contribution in [1.82, 2.24) is 20.0 Å². The molecule has 2 aromatic rings. The molecule has 3 rings (SSSR count). The maximum Gasteiger partial charge on any atom is 0.258 e. The molecule has 1 amide bonds. The van der Waals surface area contributed by atoms with Gasteiger partial charge < -0.3 is 9.32 Å². The normalized spacial score (nSPS) is 15.9. The number of aryl methyl sites for hydroxylation is 1. The molecule has 1 fully saturated rings. The number of carbonyl (C=O) groups excluding carboxylic acids is 1. The lowest BCUT2D eigenvalue weighted by molar-refractivity contribution is 0.0613. The van der Waals surface area contributed by atoms with Gasteiger partial charge in [-0.3, -0.25) is 9.69 Å². The molecule has 2 heterocycles. The van der Waals surface area contributed by atoms with Gasteiger partial charge in [0.25, 0.3) is 5.91 Å².